The third-order valence-electron chi connectivity index (χ3n) is 10.2. The second kappa shape index (κ2) is 7.97. The Kier molecular flexibility index (Phi) is 5.32. The molecule has 4 aliphatic carbocycles. The molecule has 0 aromatic rings. The van der Waals surface area contributed by atoms with Gasteiger partial charge in [-0.2, -0.15) is 0 Å². The highest BCUT2D eigenvalue weighted by Crippen LogP contribution is 2.67. The van der Waals surface area contributed by atoms with E-state index < -0.39 is 12.2 Å². The van der Waals surface area contributed by atoms with E-state index in [1.807, 2.05) is 13.8 Å². The molecule has 4 rings (SSSR count). The van der Waals surface area contributed by atoms with E-state index in [-0.39, 0.29) is 11.3 Å². The summed E-state index contributed by atoms with van der Waals surface area (Å²) in [6, 6.07) is 0. The third kappa shape index (κ3) is 3.65. The monoisotopic (exact) mass is 404 g/mol. The second-order valence-electron chi connectivity index (χ2n) is 11.9. The Morgan fingerprint density at radius 3 is 2.59 bits per heavy atom. The molecule has 166 valence electrons. The van der Waals surface area contributed by atoms with Crippen molar-refractivity contribution >= 4 is 0 Å². The van der Waals surface area contributed by atoms with Crippen LogP contribution < -0.4 is 0 Å². The zero-order valence-electron chi connectivity index (χ0n) is 21.5. The van der Waals surface area contributed by atoms with Crippen LogP contribution in [0.3, 0.4) is 0 Å². The number of hydrogen-bond donors (Lipinski definition) is 2. The summed E-state index contributed by atoms with van der Waals surface area (Å²) >= 11 is 0. The van der Waals surface area contributed by atoms with E-state index in [0.717, 1.165) is 31.1 Å². The first-order valence-corrected chi connectivity index (χ1v) is 12.4. The van der Waals surface area contributed by atoms with Crippen LogP contribution in [0.2, 0.25) is 0 Å². The Bertz CT molecular complexity index is 714. The molecular formula is C27H46O2. The van der Waals surface area contributed by atoms with Crippen molar-refractivity contribution in [1.29, 1.82) is 0 Å². The van der Waals surface area contributed by atoms with Crippen LogP contribution >= 0.6 is 0 Å². The average molecular weight is 405 g/mol. The van der Waals surface area contributed by atoms with Gasteiger partial charge in [0, 0.05) is 0 Å². The van der Waals surface area contributed by atoms with E-state index in [1.54, 1.807) is 0 Å². The van der Waals surface area contributed by atoms with Crippen LogP contribution in [-0.4, -0.2) is 22.4 Å². The molecule has 3 fully saturated rings. The van der Waals surface area contributed by atoms with Crippen molar-refractivity contribution in [2.45, 2.75) is 111 Å². The summed E-state index contributed by atoms with van der Waals surface area (Å²) in [6.45, 7) is 11.3. The zero-order chi connectivity index (χ0) is 22.8. The number of hydrogen-bond acceptors (Lipinski definition) is 2. The SMILES string of the molecule is [2H]C(O)(CC[C@@H](C)[C@H]1CC[C@H]2[C@@H]3CC=C4C[C@@]([2H])(O)CC[C@]4(C)[C@H]3CC[C@]12C)C(C)C. The molecule has 2 N–H and O–H groups in total. The van der Waals surface area contributed by atoms with Gasteiger partial charge >= 0.3 is 0 Å². The number of fused-ring (bicyclic) bond motifs is 5. The van der Waals surface area contributed by atoms with E-state index in [1.165, 1.54) is 31.3 Å². The third-order valence-corrected chi connectivity index (χ3v) is 10.2. The largest absolute Gasteiger partial charge is 0.393 e. The van der Waals surface area contributed by atoms with Crippen molar-refractivity contribution < 1.29 is 13.0 Å². The van der Waals surface area contributed by atoms with E-state index >= 15 is 0 Å². The first kappa shape index (κ1) is 19.4. The van der Waals surface area contributed by atoms with Gasteiger partial charge in [-0.3, -0.25) is 0 Å². The molecule has 0 bridgehead atoms. The Balaban J connectivity index is 1.49. The van der Waals surface area contributed by atoms with Crippen molar-refractivity contribution in [1.82, 2.24) is 0 Å². The fourth-order valence-electron chi connectivity index (χ4n) is 8.33. The molecule has 2 heteroatoms. The summed E-state index contributed by atoms with van der Waals surface area (Å²) in [5.74, 6) is 3.44. The van der Waals surface area contributed by atoms with Gasteiger partial charge in [0.05, 0.1) is 14.9 Å². The molecule has 0 spiro atoms. The van der Waals surface area contributed by atoms with Gasteiger partial charge in [-0.05, 0) is 111 Å². The van der Waals surface area contributed by atoms with Crippen LogP contribution in [-0.2, 0) is 0 Å². The molecular weight excluding hydrogens is 356 g/mol. The van der Waals surface area contributed by atoms with E-state index in [9.17, 15) is 10.2 Å². The van der Waals surface area contributed by atoms with Crippen LogP contribution in [0.15, 0.2) is 11.6 Å². The zero-order valence-corrected chi connectivity index (χ0v) is 19.5. The standard InChI is InChI=1S/C27H46O2/c1-17(2)25(29)11-6-18(3)22-9-10-23-21-8-7-19-16-20(28)12-14-26(19,4)24(21)13-15-27(22,23)5/h7,17-18,20-25,28-29H,6,8-16H2,1-5H3/t18-,20+,21+,22-,23+,24+,25?,26+,27-/m1/s1/i20D,25D. The van der Waals surface area contributed by atoms with Gasteiger partial charge in [-0.25, -0.2) is 0 Å². The van der Waals surface area contributed by atoms with E-state index in [0.29, 0.717) is 42.4 Å². The smallest absolute Gasteiger partial charge is 0.0604 e. The summed E-state index contributed by atoms with van der Waals surface area (Å²) in [5.41, 5.74) is 1.93. The highest BCUT2D eigenvalue weighted by atomic mass is 16.3. The van der Waals surface area contributed by atoms with Crippen LogP contribution in [0.25, 0.3) is 0 Å². The molecule has 1 unspecified atom stereocenters. The minimum Gasteiger partial charge on any atom is -0.393 e. The van der Waals surface area contributed by atoms with Crippen LogP contribution in [0.4, 0.5) is 0 Å². The summed E-state index contributed by atoms with van der Waals surface area (Å²) < 4.78 is 16.4. The topological polar surface area (TPSA) is 40.5 Å². The van der Waals surface area contributed by atoms with Gasteiger partial charge in [0.25, 0.3) is 0 Å². The van der Waals surface area contributed by atoms with Gasteiger partial charge in [0.15, 0.2) is 0 Å². The maximum absolute atomic E-state index is 10.4. The number of rotatable bonds is 5. The van der Waals surface area contributed by atoms with E-state index in [4.69, 9.17) is 2.74 Å². The van der Waals surface area contributed by atoms with Crippen LogP contribution in [0.1, 0.15) is 102 Å². The van der Waals surface area contributed by atoms with Gasteiger partial charge < -0.3 is 10.2 Å². The summed E-state index contributed by atoms with van der Waals surface area (Å²) in [6.07, 6.45) is 9.81. The highest BCUT2D eigenvalue weighted by Gasteiger charge is 2.59. The average Bonchev–Trinajstić information content (AvgIpc) is 3.04. The summed E-state index contributed by atoms with van der Waals surface area (Å²) in [5, 5.41) is 20.8. The summed E-state index contributed by atoms with van der Waals surface area (Å²) in [4.78, 5) is 0. The van der Waals surface area contributed by atoms with Crippen molar-refractivity contribution in [2.75, 3.05) is 0 Å². The molecule has 29 heavy (non-hydrogen) atoms. The maximum Gasteiger partial charge on any atom is 0.0604 e. The molecule has 0 amide bonds. The van der Waals surface area contributed by atoms with Crippen LogP contribution in [0.5, 0.6) is 0 Å². The lowest BCUT2D eigenvalue weighted by atomic mass is 9.47. The molecule has 4 aliphatic rings. The van der Waals surface area contributed by atoms with Crippen molar-refractivity contribution in [3.63, 3.8) is 0 Å². The predicted octanol–water partition coefficient (Wildman–Crippen LogP) is 6.36. The molecule has 2 nitrogen and oxygen atoms in total. The Hall–Kier alpha value is -0.340. The first-order chi connectivity index (χ1) is 14.3. The molecule has 0 aromatic carbocycles. The number of allylic oxidation sites excluding steroid dienone is 1. The van der Waals surface area contributed by atoms with Crippen molar-refractivity contribution in [3.05, 3.63) is 11.6 Å². The highest BCUT2D eigenvalue weighted by molar-refractivity contribution is 5.25. The fourth-order valence-corrected chi connectivity index (χ4v) is 8.33. The van der Waals surface area contributed by atoms with Crippen molar-refractivity contribution in [3.8, 4) is 0 Å². The first-order valence-electron chi connectivity index (χ1n) is 13.4. The lowest BCUT2D eigenvalue weighted by molar-refractivity contribution is -0.0579. The van der Waals surface area contributed by atoms with E-state index in [2.05, 4.69) is 26.8 Å². The normalized spacial score (nSPS) is 51.1. The minimum atomic E-state index is -1.30. The van der Waals surface area contributed by atoms with Gasteiger partial charge in [-0.15, -0.1) is 0 Å². The maximum atomic E-state index is 10.4. The Morgan fingerprint density at radius 2 is 1.86 bits per heavy atom. The lowest BCUT2D eigenvalue weighted by Gasteiger charge is -2.58. The molecule has 9 atom stereocenters. The molecule has 0 radical (unpaired) electrons. The Labute approximate surface area is 182 Å². The fraction of sp³-hybridized carbons (Fsp3) is 0.926. The quantitative estimate of drug-likeness (QED) is 0.523. The molecule has 0 aliphatic heterocycles. The summed E-state index contributed by atoms with van der Waals surface area (Å²) in [7, 11) is 0. The minimum absolute atomic E-state index is 0.0251. The molecule has 3 saturated carbocycles. The van der Waals surface area contributed by atoms with Crippen LogP contribution in [0, 0.1) is 46.3 Å². The number of aliphatic hydroxyl groups is 2. The Morgan fingerprint density at radius 1 is 1.10 bits per heavy atom. The second-order valence-corrected chi connectivity index (χ2v) is 11.9. The predicted molar refractivity (Wildman–Crippen MR) is 120 cm³/mol. The van der Waals surface area contributed by atoms with Gasteiger partial charge in [0.2, 0.25) is 0 Å². The molecule has 0 aromatic heterocycles. The van der Waals surface area contributed by atoms with Gasteiger partial charge in [0.1, 0.15) is 0 Å². The van der Waals surface area contributed by atoms with Gasteiger partial charge in [-0.1, -0.05) is 46.3 Å². The molecule has 0 heterocycles. The lowest BCUT2D eigenvalue weighted by Crippen LogP contribution is -2.50. The molecule has 0 saturated heterocycles. The van der Waals surface area contributed by atoms with Crippen molar-refractivity contribution in [2.24, 2.45) is 46.3 Å².